The molecule has 10 rings (SSSR count). The highest BCUT2D eigenvalue weighted by molar-refractivity contribution is 7.26. The minimum Gasteiger partial charge on any atom is -0.310 e. The zero-order chi connectivity index (χ0) is 37.1. The van der Waals surface area contributed by atoms with E-state index in [0.717, 1.165) is 11.4 Å². The predicted molar refractivity (Wildman–Crippen MR) is 240 cm³/mol. The first-order valence-corrected chi connectivity index (χ1v) is 23.5. The molecule has 0 N–H and O–H groups in total. The molecular weight excluding hydrogens is 699 g/mol. The third kappa shape index (κ3) is 5.33. The summed E-state index contributed by atoms with van der Waals surface area (Å²) in [5.41, 5.74) is 13.3. The average molecular weight is 740 g/mol. The molecule has 1 aromatic heterocycles. The van der Waals surface area contributed by atoms with Crippen LogP contribution in [0.15, 0.2) is 194 Å². The van der Waals surface area contributed by atoms with Crippen molar-refractivity contribution in [1.29, 1.82) is 0 Å². The third-order valence-corrected chi connectivity index (χ3v) is 14.8. The van der Waals surface area contributed by atoms with Crippen molar-refractivity contribution >= 4 is 61.8 Å². The van der Waals surface area contributed by atoms with Crippen molar-refractivity contribution in [2.75, 3.05) is 4.90 Å². The molecule has 0 radical (unpaired) electrons. The molecule has 8 aromatic carbocycles. The van der Waals surface area contributed by atoms with E-state index in [2.05, 4.69) is 219 Å². The highest BCUT2D eigenvalue weighted by Crippen LogP contribution is 2.61. The van der Waals surface area contributed by atoms with Crippen molar-refractivity contribution in [3.05, 3.63) is 216 Å². The Kier molecular flexibility index (Phi) is 7.99. The number of hydrogen-bond acceptors (Lipinski definition) is 2. The van der Waals surface area contributed by atoms with Crippen LogP contribution in [0.3, 0.4) is 0 Å². The Morgan fingerprint density at radius 1 is 0.491 bits per heavy atom. The second-order valence-electron chi connectivity index (χ2n) is 15.7. The standard InChI is InChI=1S/C52H41NSSi/c1-55(2,3)42-33-31-41(32-34-42)53(40-29-27-37(28-30-40)36-17-7-4-8-18-36)47-35-46-49(51-50(47)44-24-14-16-26-48(44)54-51)43-23-13-15-25-45(43)52(46,38-19-9-5-10-20-38)39-21-11-6-12-22-39/h4-35H,1-3H3. The van der Waals surface area contributed by atoms with Crippen LogP contribution in [-0.4, -0.2) is 8.07 Å². The maximum absolute atomic E-state index is 2.55. The van der Waals surface area contributed by atoms with Crippen molar-refractivity contribution < 1.29 is 0 Å². The van der Waals surface area contributed by atoms with Crippen LogP contribution in [0.1, 0.15) is 22.3 Å². The lowest BCUT2D eigenvalue weighted by Gasteiger charge is -2.35. The topological polar surface area (TPSA) is 3.24 Å². The number of hydrogen-bond donors (Lipinski definition) is 0. The van der Waals surface area contributed by atoms with Crippen LogP contribution in [-0.2, 0) is 5.41 Å². The summed E-state index contributed by atoms with van der Waals surface area (Å²) in [6, 6.07) is 72.3. The minimum atomic E-state index is -1.52. The number of benzene rings is 8. The molecule has 3 heteroatoms. The van der Waals surface area contributed by atoms with Crippen molar-refractivity contribution in [2.24, 2.45) is 0 Å². The predicted octanol–water partition coefficient (Wildman–Crippen LogP) is 14.1. The quantitative estimate of drug-likeness (QED) is 0.147. The molecular formula is C52H41NSSi. The Bertz CT molecular complexity index is 2780. The van der Waals surface area contributed by atoms with Crippen LogP contribution in [0, 0.1) is 0 Å². The molecule has 0 atom stereocenters. The Balaban J connectivity index is 1.33. The molecule has 0 saturated carbocycles. The molecule has 0 spiro atoms. The summed E-state index contributed by atoms with van der Waals surface area (Å²) in [7, 11) is -1.52. The first-order chi connectivity index (χ1) is 26.9. The molecule has 0 saturated heterocycles. The maximum Gasteiger partial charge on any atom is 0.0775 e. The Hall–Kier alpha value is -6.00. The van der Waals surface area contributed by atoms with Gasteiger partial charge in [0.25, 0.3) is 0 Å². The SMILES string of the molecule is C[Si](C)(C)c1ccc(N(c2ccc(-c3ccccc3)cc2)c2cc3c(c4sc5ccccc5c24)-c2ccccc2C3(c2ccccc2)c2ccccc2)cc1. The molecule has 1 heterocycles. The molecule has 0 bridgehead atoms. The Labute approximate surface area is 328 Å². The fraction of sp³-hybridized carbons (Fsp3) is 0.0769. The maximum atomic E-state index is 2.55. The highest BCUT2D eigenvalue weighted by Gasteiger charge is 2.47. The number of anilines is 3. The van der Waals surface area contributed by atoms with E-state index in [1.807, 2.05) is 11.3 Å². The van der Waals surface area contributed by atoms with E-state index in [9.17, 15) is 0 Å². The molecule has 1 aliphatic carbocycles. The summed E-state index contributed by atoms with van der Waals surface area (Å²) in [6.45, 7) is 7.27. The van der Waals surface area contributed by atoms with Gasteiger partial charge in [0.15, 0.2) is 0 Å². The number of thiophene rings is 1. The summed E-state index contributed by atoms with van der Waals surface area (Å²) in [4.78, 5) is 2.52. The van der Waals surface area contributed by atoms with Gasteiger partial charge in [-0.05, 0) is 75.3 Å². The number of nitrogens with zero attached hydrogens (tertiary/aromatic N) is 1. The van der Waals surface area contributed by atoms with E-state index >= 15 is 0 Å². The summed E-state index contributed by atoms with van der Waals surface area (Å²) in [5, 5.41) is 4.05. The van der Waals surface area contributed by atoms with Gasteiger partial charge in [0.1, 0.15) is 0 Å². The average Bonchev–Trinajstić information content (AvgIpc) is 3.76. The van der Waals surface area contributed by atoms with Crippen LogP contribution in [0.2, 0.25) is 19.6 Å². The lowest BCUT2D eigenvalue weighted by Crippen LogP contribution is -2.37. The van der Waals surface area contributed by atoms with Gasteiger partial charge in [-0.15, -0.1) is 11.3 Å². The second kappa shape index (κ2) is 13.1. The van der Waals surface area contributed by atoms with Crippen molar-refractivity contribution in [1.82, 2.24) is 0 Å². The van der Waals surface area contributed by atoms with Crippen LogP contribution < -0.4 is 10.1 Å². The summed E-state index contributed by atoms with van der Waals surface area (Å²) in [5.74, 6) is 0. The first-order valence-electron chi connectivity index (χ1n) is 19.2. The van der Waals surface area contributed by atoms with Gasteiger partial charge in [-0.1, -0.05) is 183 Å². The van der Waals surface area contributed by atoms with Gasteiger partial charge in [-0.2, -0.15) is 0 Å². The van der Waals surface area contributed by atoms with Gasteiger partial charge >= 0.3 is 0 Å². The monoisotopic (exact) mass is 739 g/mol. The fourth-order valence-electron chi connectivity index (χ4n) is 8.93. The first kappa shape index (κ1) is 33.6. The molecule has 0 fully saturated rings. The Morgan fingerprint density at radius 3 is 1.65 bits per heavy atom. The van der Waals surface area contributed by atoms with Crippen LogP contribution in [0.5, 0.6) is 0 Å². The van der Waals surface area contributed by atoms with Gasteiger partial charge in [0, 0.05) is 37.1 Å². The molecule has 9 aromatic rings. The summed E-state index contributed by atoms with van der Waals surface area (Å²) >= 11 is 1.93. The van der Waals surface area contributed by atoms with Gasteiger partial charge in [0.05, 0.1) is 19.2 Å². The lowest BCUT2D eigenvalue weighted by molar-refractivity contribution is 0.769. The van der Waals surface area contributed by atoms with Crippen LogP contribution in [0.4, 0.5) is 17.1 Å². The van der Waals surface area contributed by atoms with E-state index in [1.54, 1.807) is 0 Å². The minimum absolute atomic E-state index is 0.516. The van der Waals surface area contributed by atoms with E-state index < -0.39 is 13.5 Å². The molecule has 1 aliphatic rings. The second-order valence-corrected chi connectivity index (χ2v) is 21.8. The summed E-state index contributed by atoms with van der Waals surface area (Å²) < 4.78 is 2.63. The molecule has 0 amide bonds. The van der Waals surface area contributed by atoms with Gasteiger partial charge in [-0.3, -0.25) is 0 Å². The highest BCUT2D eigenvalue weighted by atomic mass is 32.1. The van der Waals surface area contributed by atoms with E-state index in [4.69, 9.17) is 0 Å². The van der Waals surface area contributed by atoms with Crippen LogP contribution in [0.25, 0.3) is 42.4 Å². The van der Waals surface area contributed by atoms with E-state index in [0.29, 0.717) is 0 Å². The van der Waals surface area contributed by atoms with Gasteiger partial charge < -0.3 is 4.90 Å². The Morgan fingerprint density at radius 2 is 1.02 bits per heavy atom. The molecule has 0 aliphatic heterocycles. The molecule has 55 heavy (non-hydrogen) atoms. The fourth-order valence-corrected chi connectivity index (χ4v) is 11.4. The number of rotatable bonds is 7. The lowest BCUT2D eigenvalue weighted by atomic mass is 9.67. The molecule has 264 valence electrons. The van der Waals surface area contributed by atoms with Gasteiger partial charge in [-0.25, -0.2) is 0 Å². The van der Waals surface area contributed by atoms with Crippen molar-refractivity contribution in [3.63, 3.8) is 0 Å². The van der Waals surface area contributed by atoms with Crippen molar-refractivity contribution in [2.45, 2.75) is 25.1 Å². The zero-order valence-electron chi connectivity index (χ0n) is 31.3. The van der Waals surface area contributed by atoms with Crippen molar-refractivity contribution in [3.8, 4) is 22.3 Å². The van der Waals surface area contributed by atoms with E-state index in [1.165, 1.54) is 75.6 Å². The largest absolute Gasteiger partial charge is 0.310 e. The molecule has 0 unspecified atom stereocenters. The zero-order valence-corrected chi connectivity index (χ0v) is 33.1. The number of fused-ring (bicyclic) bond motifs is 7. The van der Waals surface area contributed by atoms with E-state index in [-0.39, 0.29) is 0 Å². The smallest absolute Gasteiger partial charge is 0.0775 e. The summed E-state index contributed by atoms with van der Waals surface area (Å²) in [6.07, 6.45) is 0. The van der Waals surface area contributed by atoms with Gasteiger partial charge in [0.2, 0.25) is 0 Å². The molecule has 1 nitrogen and oxygen atoms in total. The van der Waals surface area contributed by atoms with Crippen LogP contribution >= 0.6 is 11.3 Å². The third-order valence-electron chi connectivity index (χ3n) is 11.5. The normalized spacial score (nSPS) is 13.1.